The van der Waals surface area contributed by atoms with E-state index in [1.165, 1.54) is 5.56 Å². The first kappa shape index (κ1) is 14.8. The van der Waals surface area contributed by atoms with E-state index in [9.17, 15) is 4.79 Å². The fraction of sp³-hybridized carbons (Fsp3) is 0.350. The second kappa shape index (κ2) is 6.35. The van der Waals surface area contributed by atoms with Crippen molar-refractivity contribution in [3.63, 3.8) is 0 Å². The summed E-state index contributed by atoms with van der Waals surface area (Å²) in [7, 11) is 0. The number of benzene rings is 2. The number of aryl methyl sites for hydroxylation is 1. The standard InChI is InChI=1S/C20H23NO/c1-2-16-10-12-18(13-11-16)21-19(22)20(14-6-7-15-20)17-8-4-3-5-9-17/h3-5,8-13H,2,6-7,14-15H2,1H3,(H,21,22). The molecule has 2 aromatic rings. The number of amides is 1. The molecule has 0 aliphatic heterocycles. The molecule has 0 atom stereocenters. The van der Waals surface area contributed by atoms with Crippen LogP contribution in [0.1, 0.15) is 43.7 Å². The number of anilines is 1. The van der Waals surface area contributed by atoms with Crippen molar-refractivity contribution < 1.29 is 4.79 Å². The lowest BCUT2D eigenvalue weighted by Gasteiger charge is -2.28. The molecule has 0 spiro atoms. The zero-order chi connectivity index (χ0) is 15.4. The molecular formula is C20H23NO. The quantitative estimate of drug-likeness (QED) is 0.869. The van der Waals surface area contributed by atoms with Gasteiger partial charge in [0.05, 0.1) is 5.41 Å². The second-order valence-electron chi connectivity index (χ2n) is 6.16. The topological polar surface area (TPSA) is 29.1 Å². The van der Waals surface area contributed by atoms with Crippen LogP contribution in [0.3, 0.4) is 0 Å². The Morgan fingerprint density at radius 1 is 1.00 bits per heavy atom. The molecule has 2 aromatic carbocycles. The zero-order valence-electron chi connectivity index (χ0n) is 13.1. The number of carbonyl (C=O) groups is 1. The lowest BCUT2D eigenvalue weighted by Crippen LogP contribution is -2.37. The summed E-state index contributed by atoms with van der Waals surface area (Å²) in [6.45, 7) is 2.14. The van der Waals surface area contributed by atoms with E-state index in [-0.39, 0.29) is 11.3 Å². The Bertz CT molecular complexity index is 625. The average molecular weight is 293 g/mol. The number of hydrogen-bond acceptors (Lipinski definition) is 1. The van der Waals surface area contributed by atoms with Crippen LogP contribution >= 0.6 is 0 Å². The molecule has 1 aliphatic carbocycles. The Hall–Kier alpha value is -2.09. The van der Waals surface area contributed by atoms with Crippen LogP contribution in [-0.4, -0.2) is 5.91 Å². The summed E-state index contributed by atoms with van der Waals surface area (Å²) in [5, 5.41) is 3.14. The second-order valence-corrected chi connectivity index (χ2v) is 6.16. The molecule has 2 nitrogen and oxygen atoms in total. The van der Waals surface area contributed by atoms with Crippen LogP contribution in [0, 0.1) is 0 Å². The van der Waals surface area contributed by atoms with Gasteiger partial charge in [-0.15, -0.1) is 0 Å². The van der Waals surface area contributed by atoms with Gasteiger partial charge in [-0.1, -0.05) is 62.2 Å². The van der Waals surface area contributed by atoms with Crippen LogP contribution in [-0.2, 0) is 16.6 Å². The molecule has 3 rings (SSSR count). The molecule has 1 N–H and O–H groups in total. The van der Waals surface area contributed by atoms with Crippen molar-refractivity contribution >= 4 is 11.6 Å². The Labute approximate surface area is 132 Å². The average Bonchev–Trinajstić information content (AvgIpc) is 3.07. The summed E-state index contributed by atoms with van der Waals surface area (Å²) in [5.74, 6) is 0.139. The molecule has 114 valence electrons. The Balaban J connectivity index is 1.84. The first-order chi connectivity index (χ1) is 10.7. The molecule has 1 aliphatic rings. The van der Waals surface area contributed by atoms with Crippen molar-refractivity contribution in [1.82, 2.24) is 0 Å². The van der Waals surface area contributed by atoms with E-state index in [2.05, 4.69) is 36.5 Å². The van der Waals surface area contributed by atoms with E-state index in [0.29, 0.717) is 0 Å². The highest BCUT2D eigenvalue weighted by Crippen LogP contribution is 2.42. The van der Waals surface area contributed by atoms with Crippen LogP contribution in [0.4, 0.5) is 5.69 Å². The van der Waals surface area contributed by atoms with Gasteiger partial charge < -0.3 is 5.32 Å². The summed E-state index contributed by atoms with van der Waals surface area (Å²) < 4.78 is 0. The van der Waals surface area contributed by atoms with Crippen molar-refractivity contribution in [2.75, 3.05) is 5.32 Å². The summed E-state index contributed by atoms with van der Waals surface area (Å²) >= 11 is 0. The monoisotopic (exact) mass is 293 g/mol. The smallest absolute Gasteiger partial charge is 0.235 e. The van der Waals surface area contributed by atoms with Crippen molar-refractivity contribution in [3.8, 4) is 0 Å². The van der Waals surface area contributed by atoms with Gasteiger partial charge in [-0.3, -0.25) is 4.79 Å². The van der Waals surface area contributed by atoms with Crippen LogP contribution in [0.5, 0.6) is 0 Å². The Morgan fingerprint density at radius 3 is 2.23 bits per heavy atom. The van der Waals surface area contributed by atoms with Gasteiger partial charge in [0.2, 0.25) is 5.91 Å². The summed E-state index contributed by atoms with van der Waals surface area (Å²) in [4.78, 5) is 13.0. The maximum Gasteiger partial charge on any atom is 0.235 e. The lowest BCUT2D eigenvalue weighted by atomic mass is 9.78. The summed E-state index contributed by atoms with van der Waals surface area (Å²) in [5.41, 5.74) is 2.97. The van der Waals surface area contributed by atoms with Gasteiger partial charge in [0.15, 0.2) is 0 Å². The Morgan fingerprint density at radius 2 is 1.64 bits per heavy atom. The van der Waals surface area contributed by atoms with E-state index in [4.69, 9.17) is 0 Å². The number of hydrogen-bond donors (Lipinski definition) is 1. The van der Waals surface area contributed by atoms with Gasteiger partial charge in [0, 0.05) is 5.69 Å². The minimum Gasteiger partial charge on any atom is -0.325 e. The maximum absolute atomic E-state index is 13.0. The lowest BCUT2D eigenvalue weighted by molar-refractivity contribution is -0.121. The minimum absolute atomic E-state index is 0.139. The fourth-order valence-electron chi connectivity index (χ4n) is 3.46. The highest BCUT2D eigenvalue weighted by atomic mass is 16.2. The predicted octanol–water partition coefficient (Wildman–Crippen LogP) is 4.70. The molecule has 1 amide bonds. The minimum atomic E-state index is -0.356. The van der Waals surface area contributed by atoms with E-state index in [1.807, 2.05) is 30.3 Å². The molecule has 1 saturated carbocycles. The highest BCUT2D eigenvalue weighted by molar-refractivity contribution is 5.99. The van der Waals surface area contributed by atoms with E-state index >= 15 is 0 Å². The van der Waals surface area contributed by atoms with Crippen molar-refractivity contribution in [1.29, 1.82) is 0 Å². The summed E-state index contributed by atoms with van der Waals surface area (Å²) in [6, 6.07) is 18.4. The van der Waals surface area contributed by atoms with E-state index < -0.39 is 0 Å². The van der Waals surface area contributed by atoms with Crippen molar-refractivity contribution in [3.05, 3.63) is 65.7 Å². The highest BCUT2D eigenvalue weighted by Gasteiger charge is 2.42. The van der Waals surface area contributed by atoms with Gasteiger partial charge in [-0.2, -0.15) is 0 Å². The van der Waals surface area contributed by atoms with Gasteiger partial charge in [0.25, 0.3) is 0 Å². The molecule has 1 fully saturated rings. The largest absolute Gasteiger partial charge is 0.325 e. The fourth-order valence-corrected chi connectivity index (χ4v) is 3.46. The van der Waals surface area contributed by atoms with Gasteiger partial charge >= 0.3 is 0 Å². The van der Waals surface area contributed by atoms with Crippen molar-refractivity contribution in [2.45, 2.75) is 44.4 Å². The molecule has 0 unspecified atom stereocenters. The number of carbonyl (C=O) groups excluding carboxylic acids is 1. The Kier molecular flexibility index (Phi) is 4.28. The molecule has 0 aromatic heterocycles. The van der Waals surface area contributed by atoms with Gasteiger partial charge in [-0.25, -0.2) is 0 Å². The first-order valence-electron chi connectivity index (χ1n) is 8.20. The van der Waals surface area contributed by atoms with E-state index in [1.54, 1.807) is 0 Å². The molecule has 2 heteroatoms. The third kappa shape index (κ3) is 2.78. The van der Waals surface area contributed by atoms with Crippen LogP contribution in [0.15, 0.2) is 54.6 Å². The normalized spacial score (nSPS) is 16.4. The number of rotatable bonds is 4. The van der Waals surface area contributed by atoms with Gasteiger partial charge in [0.1, 0.15) is 0 Å². The first-order valence-corrected chi connectivity index (χ1v) is 8.20. The van der Waals surface area contributed by atoms with E-state index in [0.717, 1.165) is 43.4 Å². The molecule has 0 heterocycles. The number of nitrogens with one attached hydrogen (secondary N) is 1. The summed E-state index contributed by atoms with van der Waals surface area (Å²) in [6.07, 6.45) is 5.14. The van der Waals surface area contributed by atoms with Crippen LogP contribution < -0.4 is 5.32 Å². The predicted molar refractivity (Wildman–Crippen MR) is 91.0 cm³/mol. The molecular weight excluding hydrogens is 270 g/mol. The maximum atomic E-state index is 13.0. The molecule has 22 heavy (non-hydrogen) atoms. The molecule has 0 saturated heterocycles. The third-order valence-corrected chi connectivity index (χ3v) is 4.84. The van der Waals surface area contributed by atoms with Crippen LogP contribution in [0.2, 0.25) is 0 Å². The molecule has 0 bridgehead atoms. The van der Waals surface area contributed by atoms with Gasteiger partial charge in [-0.05, 0) is 42.5 Å². The zero-order valence-corrected chi connectivity index (χ0v) is 13.1. The third-order valence-electron chi connectivity index (χ3n) is 4.84. The van der Waals surface area contributed by atoms with Crippen LogP contribution in [0.25, 0.3) is 0 Å². The molecule has 0 radical (unpaired) electrons. The SMILES string of the molecule is CCc1ccc(NC(=O)C2(c3ccccc3)CCCC2)cc1. The van der Waals surface area contributed by atoms with Crippen molar-refractivity contribution in [2.24, 2.45) is 0 Å².